The minimum absolute atomic E-state index is 0.152. The Hall–Kier alpha value is -3.68. The van der Waals surface area contributed by atoms with Crippen LogP contribution in [-0.2, 0) is 14.3 Å². The summed E-state index contributed by atoms with van der Waals surface area (Å²) < 4.78 is 10.4. The van der Waals surface area contributed by atoms with Gasteiger partial charge in [-0.2, -0.15) is 0 Å². The minimum atomic E-state index is -2.13. The number of nitrogens with two attached hydrogens (primary N) is 1. The van der Waals surface area contributed by atoms with Crippen molar-refractivity contribution in [1.29, 1.82) is 0 Å². The quantitative estimate of drug-likeness (QED) is 0.287. The van der Waals surface area contributed by atoms with E-state index in [1.807, 2.05) is 24.3 Å². The summed E-state index contributed by atoms with van der Waals surface area (Å²) >= 11 is 0. The van der Waals surface area contributed by atoms with Gasteiger partial charge in [-0.05, 0) is 50.1 Å². The number of nitrogens with one attached hydrogen (secondary N) is 1. The first-order chi connectivity index (χ1) is 16.8. The topological polar surface area (TPSA) is 90.7 Å². The third-order valence-corrected chi connectivity index (χ3v) is 10.1. The number of carbonyl (C=O) groups excluding carboxylic acids is 2. The number of fused-ring (bicyclic) bond motifs is 2. The van der Waals surface area contributed by atoms with Gasteiger partial charge in [-0.1, -0.05) is 62.1 Å². The molecule has 35 heavy (non-hydrogen) atoms. The van der Waals surface area contributed by atoms with E-state index < -0.39 is 14.3 Å². The molecule has 0 saturated carbocycles. The predicted molar refractivity (Wildman–Crippen MR) is 142 cm³/mol. The first kappa shape index (κ1) is 24.4. The number of hydrogen-bond donors (Lipinski definition) is 2. The first-order valence-electron chi connectivity index (χ1n) is 11.5. The van der Waals surface area contributed by atoms with Crippen LogP contribution in [0.2, 0.25) is 13.1 Å². The largest absolute Gasteiger partial charge is 0.496 e. The van der Waals surface area contributed by atoms with Crippen molar-refractivity contribution in [2.24, 2.45) is 5.73 Å². The van der Waals surface area contributed by atoms with Gasteiger partial charge in [0.1, 0.15) is 13.8 Å². The summed E-state index contributed by atoms with van der Waals surface area (Å²) in [6.45, 7) is 9.12. The van der Waals surface area contributed by atoms with Crippen molar-refractivity contribution in [3.8, 4) is 5.75 Å². The number of hydrogen-bond acceptors (Lipinski definition) is 5. The molecule has 1 aliphatic rings. The number of rotatable bonds is 8. The lowest BCUT2D eigenvalue weighted by Crippen LogP contribution is -2.63. The number of anilines is 1. The van der Waals surface area contributed by atoms with Crippen molar-refractivity contribution < 1.29 is 19.1 Å². The van der Waals surface area contributed by atoms with Crippen LogP contribution in [0.3, 0.4) is 0 Å². The highest BCUT2D eigenvalue weighted by Crippen LogP contribution is 2.31. The van der Waals surface area contributed by atoms with Crippen molar-refractivity contribution >= 4 is 48.7 Å². The molecule has 0 spiro atoms. The van der Waals surface area contributed by atoms with E-state index in [-0.39, 0.29) is 18.7 Å². The Morgan fingerprint density at radius 1 is 1.09 bits per heavy atom. The van der Waals surface area contributed by atoms with Gasteiger partial charge in [0.05, 0.1) is 7.11 Å². The average Bonchev–Trinajstić information content (AvgIpc) is 2.84. The lowest BCUT2D eigenvalue weighted by atomic mass is 9.93. The summed E-state index contributed by atoms with van der Waals surface area (Å²) in [5.41, 5.74) is 9.68. The molecule has 1 amide bonds. The van der Waals surface area contributed by atoms with Crippen molar-refractivity contribution in [3.63, 3.8) is 0 Å². The van der Waals surface area contributed by atoms with Gasteiger partial charge in [0.25, 0.3) is 6.47 Å². The second kappa shape index (κ2) is 9.89. The number of para-hydroxylation sites is 1. The van der Waals surface area contributed by atoms with Gasteiger partial charge in [-0.25, -0.2) is 0 Å². The van der Waals surface area contributed by atoms with Crippen molar-refractivity contribution in [3.05, 3.63) is 82.2 Å². The fourth-order valence-electron chi connectivity index (χ4n) is 4.75. The molecule has 0 aromatic heterocycles. The molecule has 0 aliphatic carbocycles. The molecule has 1 aliphatic heterocycles. The van der Waals surface area contributed by atoms with Crippen molar-refractivity contribution in [2.75, 3.05) is 12.4 Å². The van der Waals surface area contributed by atoms with E-state index in [4.69, 9.17) is 10.5 Å². The van der Waals surface area contributed by atoms with Crippen LogP contribution in [0.4, 0.5) is 5.69 Å². The number of methoxy groups -OCH3 is 1. The van der Waals surface area contributed by atoms with Crippen molar-refractivity contribution in [2.45, 2.75) is 32.2 Å². The monoisotopic (exact) mass is 486 g/mol. The van der Waals surface area contributed by atoms with Crippen LogP contribution < -0.4 is 36.6 Å². The maximum absolute atomic E-state index is 12.5. The molecule has 1 atom stereocenters. The van der Waals surface area contributed by atoms with Gasteiger partial charge in [-0.15, -0.1) is 0 Å². The third-order valence-electron chi connectivity index (χ3n) is 6.54. The molecule has 180 valence electrons. The Labute approximate surface area is 206 Å². The molecule has 6 nitrogen and oxygen atoms in total. The molecule has 3 aromatic carbocycles. The van der Waals surface area contributed by atoms with Crippen LogP contribution in [0.1, 0.15) is 24.0 Å². The molecule has 0 bridgehead atoms. The van der Waals surface area contributed by atoms with Crippen LogP contribution in [-0.4, -0.2) is 33.8 Å². The fraction of sp³-hybridized carbons (Fsp3) is 0.214. The smallest absolute Gasteiger partial charge is 0.294 e. The Kier molecular flexibility index (Phi) is 6.91. The maximum Gasteiger partial charge on any atom is 0.294 e. The van der Waals surface area contributed by atoms with E-state index in [2.05, 4.69) is 66.1 Å². The van der Waals surface area contributed by atoms with Crippen LogP contribution in [0, 0.1) is 0 Å². The van der Waals surface area contributed by atoms with Crippen LogP contribution in [0.15, 0.2) is 60.7 Å². The standard InChI is InChI=1S/C28H30N2O4Si/c1-18-9-11-21-24(15-18)35(3,4)25-16-19(30-27(32)14-13-26(29)34-17-31)10-12-22(25)28(21)20-7-5-6-8-23(20)33-2/h5-12,15-17,26H,1,13-14,29H2,2-4H3,(H,30,32)/t26-/m1/s1. The van der Waals surface area contributed by atoms with E-state index in [0.717, 1.165) is 33.4 Å². The van der Waals surface area contributed by atoms with E-state index in [1.165, 1.54) is 15.6 Å². The molecular formula is C28H30N2O4Si. The molecule has 0 unspecified atom stereocenters. The van der Waals surface area contributed by atoms with Gasteiger partial charge in [-0.3, -0.25) is 15.3 Å². The van der Waals surface area contributed by atoms with Gasteiger partial charge < -0.3 is 14.8 Å². The molecule has 3 aromatic rings. The zero-order valence-electron chi connectivity index (χ0n) is 20.3. The van der Waals surface area contributed by atoms with E-state index in [1.54, 1.807) is 7.11 Å². The van der Waals surface area contributed by atoms with Gasteiger partial charge in [0.15, 0.2) is 6.23 Å². The molecule has 1 heterocycles. The number of benzene rings is 3. The van der Waals surface area contributed by atoms with Gasteiger partial charge in [0, 0.05) is 24.1 Å². The third kappa shape index (κ3) is 4.78. The normalized spacial score (nSPS) is 14.3. The predicted octanol–water partition coefficient (Wildman–Crippen LogP) is 1.67. The Bertz CT molecular complexity index is 1400. The number of amides is 1. The molecule has 7 heteroatoms. The number of carbonyl (C=O) groups is 2. The molecule has 0 saturated heterocycles. The lowest BCUT2D eigenvalue weighted by molar-refractivity contribution is -0.134. The zero-order valence-corrected chi connectivity index (χ0v) is 21.3. The first-order valence-corrected chi connectivity index (χ1v) is 14.5. The summed E-state index contributed by atoms with van der Waals surface area (Å²) in [5, 5.41) is 7.69. The Morgan fingerprint density at radius 3 is 2.60 bits per heavy atom. The SMILES string of the molecule is C=c1ccc2c(c1)[Si](C)(C)c1cc(NC(=O)CC[C@H](N)OC=O)ccc1C=2c1ccccc1OC. The van der Waals surface area contributed by atoms with E-state index in [9.17, 15) is 9.59 Å². The highest BCUT2D eigenvalue weighted by molar-refractivity contribution is 7.01. The molecule has 4 rings (SSSR count). The highest BCUT2D eigenvalue weighted by atomic mass is 28.3. The second-order valence-electron chi connectivity index (χ2n) is 9.20. The lowest BCUT2D eigenvalue weighted by Gasteiger charge is -2.33. The Morgan fingerprint density at radius 2 is 1.86 bits per heavy atom. The molecule has 0 fully saturated rings. The van der Waals surface area contributed by atoms with Crippen LogP contribution >= 0.6 is 0 Å². The van der Waals surface area contributed by atoms with Crippen LogP contribution in [0.25, 0.3) is 12.2 Å². The maximum atomic E-state index is 12.5. The van der Waals surface area contributed by atoms with Crippen LogP contribution in [0.5, 0.6) is 5.75 Å². The second-order valence-corrected chi connectivity index (χ2v) is 13.5. The number of ether oxygens (including phenoxy) is 2. The fourth-order valence-corrected chi connectivity index (χ4v) is 7.87. The zero-order chi connectivity index (χ0) is 25.2. The average molecular weight is 487 g/mol. The molecular weight excluding hydrogens is 456 g/mol. The minimum Gasteiger partial charge on any atom is -0.496 e. The van der Waals surface area contributed by atoms with Gasteiger partial charge in [0.2, 0.25) is 5.91 Å². The molecule has 0 radical (unpaired) electrons. The van der Waals surface area contributed by atoms with E-state index >= 15 is 0 Å². The summed E-state index contributed by atoms with van der Waals surface area (Å²) in [4.78, 5) is 22.9. The summed E-state index contributed by atoms with van der Waals surface area (Å²) in [7, 11) is -0.440. The summed E-state index contributed by atoms with van der Waals surface area (Å²) in [5.74, 6) is 0.630. The summed E-state index contributed by atoms with van der Waals surface area (Å²) in [6, 6.07) is 20.6. The van der Waals surface area contributed by atoms with Crippen molar-refractivity contribution in [1.82, 2.24) is 0 Å². The molecule has 3 N–H and O–H groups in total. The summed E-state index contributed by atoms with van der Waals surface area (Å²) in [6.07, 6.45) is -0.389. The Balaban J connectivity index is 1.82. The highest BCUT2D eigenvalue weighted by Gasteiger charge is 2.35. The van der Waals surface area contributed by atoms with E-state index in [0.29, 0.717) is 6.47 Å². The van der Waals surface area contributed by atoms with Gasteiger partial charge >= 0.3 is 0 Å².